The first-order chi connectivity index (χ1) is 7.43. The van der Waals surface area contributed by atoms with Crippen LogP contribution in [0.2, 0.25) is 0 Å². The molecule has 0 amide bonds. The molecule has 0 rings (SSSR count). The van der Waals surface area contributed by atoms with Crippen molar-refractivity contribution >= 4 is 20.2 Å². The number of rotatable bonds is 7. The van der Waals surface area contributed by atoms with Crippen molar-refractivity contribution in [1.82, 2.24) is 0 Å². The fourth-order valence-corrected chi connectivity index (χ4v) is 3.64. The van der Waals surface area contributed by atoms with Gasteiger partial charge in [0.15, 0.2) is 0 Å². The molecule has 0 aliphatic rings. The van der Waals surface area contributed by atoms with Gasteiger partial charge in [-0.05, 0) is 18.3 Å². The summed E-state index contributed by atoms with van der Waals surface area (Å²) in [5, 5.41) is -1.40. The molecule has 1 atom stereocenters. The van der Waals surface area contributed by atoms with Crippen LogP contribution in [0.1, 0.15) is 34.1 Å². The van der Waals surface area contributed by atoms with E-state index in [9.17, 15) is 16.8 Å². The van der Waals surface area contributed by atoms with Gasteiger partial charge >= 0.3 is 0 Å². The van der Waals surface area contributed by atoms with Crippen molar-refractivity contribution in [3.63, 3.8) is 0 Å². The van der Waals surface area contributed by atoms with E-state index in [4.69, 9.17) is 8.74 Å². The topological polar surface area (TPSA) is 97.7 Å². The van der Waals surface area contributed by atoms with Crippen molar-refractivity contribution in [3.8, 4) is 0 Å². The minimum atomic E-state index is -4.59. The molecule has 0 fully saturated rings. The van der Waals surface area contributed by atoms with Gasteiger partial charge in [-0.3, -0.25) is 8.74 Å². The SMILES string of the molecule is CC(C)CC(OS(=O)(=O)CS(=O)(=O)O)C(C)C. The van der Waals surface area contributed by atoms with Crippen LogP contribution in [-0.4, -0.2) is 32.6 Å². The summed E-state index contributed by atoms with van der Waals surface area (Å²) in [6.07, 6.45) is -0.0794. The average molecular weight is 288 g/mol. The van der Waals surface area contributed by atoms with E-state index in [2.05, 4.69) is 0 Å². The van der Waals surface area contributed by atoms with Crippen LogP contribution in [0, 0.1) is 11.8 Å². The van der Waals surface area contributed by atoms with Gasteiger partial charge in [-0.25, -0.2) is 0 Å². The highest BCUT2D eigenvalue weighted by molar-refractivity contribution is 8.03. The van der Waals surface area contributed by atoms with Crippen LogP contribution in [0.15, 0.2) is 0 Å². The Balaban J connectivity index is 4.76. The fourth-order valence-electron chi connectivity index (χ4n) is 1.29. The Kier molecular flexibility index (Phi) is 6.06. The lowest BCUT2D eigenvalue weighted by Gasteiger charge is -2.22. The van der Waals surface area contributed by atoms with E-state index in [1.165, 1.54) is 0 Å². The molecule has 0 aliphatic heterocycles. The van der Waals surface area contributed by atoms with Gasteiger partial charge in [0, 0.05) is 0 Å². The molecule has 104 valence electrons. The van der Waals surface area contributed by atoms with E-state index in [0.29, 0.717) is 6.42 Å². The highest BCUT2D eigenvalue weighted by Gasteiger charge is 2.27. The lowest BCUT2D eigenvalue weighted by Crippen LogP contribution is -2.28. The normalized spacial score (nSPS) is 15.5. The Morgan fingerprint density at radius 2 is 1.53 bits per heavy atom. The molecule has 0 saturated heterocycles. The summed E-state index contributed by atoms with van der Waals surface area (Å²) in [4.78, 5) is 0. The van der Waals surface area contributed by atoms with Crippen molar-refractivity contribution in [2.24, 2.45) is 11.8 Å². The number of hydrogen-bond donors (Lipinski definition) is 1. The molecule has 8 heteroatoms. The van der Waals surface area contributed by atoms with E-state index in [-0.39, 0.29) is 11.8 Å². The van der Waals surface area contributed by atoms with E-state index in [1.54, 1.807) is 13.8 Å². The maximum Gasteiger partial charge on any atom is 0.284 e. The molecule has 0 bridgehead atoms. The molecule has 1 unspecified atom stereocenters. The second kappa shape index (κ2) is 6.12. The standard InChI is InChI=1S/C9H20O6S2/c1-7(2)5-9(8(3)4)15-17(13,14)6-16(10,11)12/h7-9H,5-6H2,1-4H3,(H,10,11,12). The summed E-state index contributed by atoms with van der Waals surface area (Å²) in [5.41, 5.74) is 0. The summed E-state index contributed by atoms with van der Waals surface area (Å²) < 4.78 is 57.1. The van der Waals surface area contributed by atoms with E-state index >= 15 is 0 Å². The molecule has 17 heavy (non-hydrogen) atoms. The van der Waals surface area contributed by atoms with Crippen LogP contribution in [-0.2, 0) is 24.4 Å². The van der Waals surface area contributed by atoms with E-state index in [0.717, 1.165) is 0 Å². The monoisotopic (exact) mass is 288 g/mol. The fraction of sp³-hybridized carbons (Fsp3) is 1.00. The van der Waals surface area contributed by atoms with Crippen LogP contribution in [0.4, 0.5) is 0 Å². The first-order valence-electron chi connectivity index (χ1n) is 5.29. The molecule has 0 saturated carbocycles. The largest absolute Gasteiger partial charge is 0.285 e. The van der Waals surface area contributed by atoms with Crippen LogP contribution in [0.5, 0.6) is 0 Å². The van der Waals surface area contributed by atoms with Crippen molar-refractivity contribution in [2.45, 2.75) is 40.2 Å². The third kappa shape index (κ3) is 8.53. The minimum Gasteiger partial charge on any atom is -0.285 e. The van der Waals surface area contributed by atoms with Gasteiger partial charge in [0.2, 0.25) is 5.08 Å². The molecule has 0 heterocycles. The third-order valence-corrected chi connectivity index (χ3v) is 4.90. The first-order valence-corrected chi connectivity index (χ1v) is 8.47. The third-order valence-electron chi connectivity index (χ3n) is 2.01. The van der Waals surface area contributed by atoms with Gasteiger partial charge in [-0.2, -0.15) is 16.8 Å². The maximum atomic E-state index is 11.4. The molecular formula is C9H20O6S2. The van der Waals surface area contributed by atoms with E-state index in [1.807, 2.05) is 13.8 Å². The molecule has 1 N–H and O–H groups in total. The van der Waals surface area contributed by atoms with Crippen molar-refractivity contribution in [1.29, 1.82) is 0 Å². The maximum absolute atomic E-state index is 11.4. The lowest BCUT2D eigenvalue weighted by atomic mass is 9.98. The number of hydrogen-bond acceptors (Lipinski definition) is 5. The Hall–Kier alpha value is -0.180. The molecule has 0 aliphatic carbocycles. The highest BCUT2D eigenvalue weighted by Crippen LogP contribution is 2.19. The average Bonchev–Trinajstić information content (AvgIpc) is 1.95. The first kappa shape index (κ1) is 16.8. The predicted octanol–water partition coefficient (Wildman–Crippen LogP) is 1.25. The van der Waals surface area contributed by atoms with Crippen LogP contribution >= 0.6 is 0 Å². The van der Waals surface area contributed by atoms with Gasteiger partial charge in [0.1, 0.15) is 0 Å². The smallest absolute Gasteiger partial charge is 0.284 e. The Bertz CT molecular complexity index is 420. The van der Waals surface area contributed by atoms with Crippen molar-refractivity contribution in [2.75, 3.05) is 5.08 Å². The summed E-state index contributed by atoms with van der Waals surface area (Å²) in [6, 6.07) is 0. The van der Waals surface area contributed by atoms with Gasteiger partial charge in [-0.15, -0.1) is 0 Å². The summed E-state index contributed by atoms with van der Waals surface area (Å²) in [6.45, 7) is 7.40. The van der Waals surface area contributed by atoms with Crippen molar-refractivity contribution in [3.05, 3.63) is 0 Å². The molecule has 0 radical (unpaired) electrons. The summed E-state index contributed by atoms with van der Waals surface area (Å²) in [7, 11) is -8.86. The van der Waals surface area contributed by atoms with Crippen LogP contribution in [0.25, 0.3) is 0 Å². The van der Waals surface area contributed by atoms with Crippen LogP contribution in [0.3, 0.4) is 0 Å². The van der Waals surface area contributed by atoms with Gasteiger partial charge in [0.25, 0.3) is 20.2 Å². The zero-order valence-electron chi connectivity index (χ0n) is 10.5. The zero-order chi connectivity index (χ0) is 13.9. The van der Waals surface area contributed by atoms with Gasteiger partial charge < -0.3 is 0 Å². The quantitative estimate of drug-likeness (QED) is 0.559. The Labute approximate surface area is 103 Å². The summed E-state index contributed by atoms with van der Waals surface area (Å²) in [5.74, 6) is 0.164. The second-order valence-corrected chi connectivity index (χ2v) is 8.18. The molecular weight excluding hydrogens is 268 g/mol. The lowest BCUT2D eigenvalue weighted by molar-refractivity contribution is 0.135. The zero-order valence-corrected chi connectivity index (χ0v) is 12.1. The predicted molar refractivity (Wildman–Crippen MR) is 64.5 cm³/mol. The van der Waals surface area contributed by atoms with Crippen molar-refractivity contribution < 1.29 is 25.6 Å². The minimum absolute atomic E-state index is 0.0615. The molecule has 0 aromatic heterocycles. The van der Waals surface area contributed by atoms with E-state index < -0.39 is 31.4 Å². The molecule has 0 spiro atoms. The Morgan fingerprint density at radius 1 is 1.06 bits per heavy atom. The van der Waals surface area contributed by atoms with Gasteiger partial charge in [-0.1, -0.05) is 27.7 Å². The highest BCUT2D eigenvalue weighted by atomic mass is 32.3. The molecule has 0 aromatic rings. The Morgan fingerprint density at radius 3 is 1.82 bits per heavy atom. The molecule has 0 aromatic carbocycles. The molecule has 6 nitrogen and oxygen atoms in total. The van der Waals surface area contributed by atoms with Crippen LogP contribution < -0.4 is 0 Å². The second-order valence-electron chi connectivity index (χ2n) is 4.77. The van der Waals surface area contributed by atoms with Gasteiger partial charge in [0.05, 0.1) is 6.10 Å². The summed E-state index contributed by atoms with van der Waals surface area (Å²) >= 11 is 0.